The second-order valence-electron chi connectivity index (χ2n) is 5.12. The highest BCUT2D eigenvalue weighted by molar-refractivity contribution is 5.00. The lowest BCUT2D eigenvalue weighted by atomic mass is 10.00. The molecule has 1 aliphatic rings. The SMILES string of the molecule is CC(N)(C#N)CCCOC1CCCCCC1. The smallest absolute Gasteiger partial charge is 0.101 e. The Hall–Kier alpha value is -0.590. The first-order valence-electron chi connectivity index (χ1n) is 6.46. The van der Waals surface area contributed by atoms with E-state index >= 15 is 0 Å². The fraction of sp³-hybridized carbons (Fsp3) is 0.923. The Kier molecular flexibility index (Phi) is 5.79. The number of nitrogens with two attached hydrogens (primary N) is 1. The van der Waals surface area contributed by atoms with E-state index in [-0.39, 0.29) is 0 Å². The van der Waals surface area contributed by atoms with Crippen LogP contribution in [0.4, 0.5) is 0 Å². The molecule has 0 saturated heterocycles. The van der Waals surface area contributed by atoms with Gasteiger partial charge in [-0.15, -0.1) is 0 Å². The van der Waals surface area contributed by atoms with Crippen LogP contribution >= 0.6 is 0 Å². The zero-order chi connectivity index (χ0) is 11.9. The van der Waals surface area contributed by atoms with Gasteiger partial charge in [0.15, 0.2) is 0 Å². The molecule has 3 heteroatoms. The Morgan fingerprint density at radius 2 is 1.94 bits per heavy atom. The Morgan fingerprint density at radius 1 is 1.31 bits per heavy atom. The summed E-state index contributed by atoms with van der Waals surface area (Å²) < 4.78 is 5.84. The summed E-state index contributed by atoms with van der Waals surface area (Å²) in [7, 11) is 0. The lowest BCUT2D eigenvalue weighted by Gasteiger charge is -2.18. The van der Waals surface area contributed by atoms with Gasteiger partial charge >= 0.3 is 0 Å². The van der Waals surface area contributed by atoms with Crippen molar-refractivity contribution in [2.24, 2.45) is 5.73 Å². The molecule has 16 heavy (non-hydrogen) atoms. The summed E-state index contributed by atoms with van der Waals surface area (Å²) in [6.07, 6.45) is 9.79. The van der Waals surface area contributed by atoms with Crippen LogP contribution in [-0.2, 0) is 4.74 Å². The van der Waals surface area contributed by atoms with Gasteiger partial charge in [0.2, 0.25) is 0 Å². The van der Waals surface area contributed by atoms with Gasteiger partial charge in [0.1, 0.15) is 5.54 Å². The van der Waals surface area contributed by atoms with E-state index in [2.05, 4.69) is 6.07 Å². The van der Waals surface area contributed by atoms with Crippen molar-refractivity contribution in [2.75, 3.05) is 6.61 Å². The predicted octanol–water partition coefficient (Wildman–Crippen LogP) is 2.75. The summed E-state index contributed by atoms with van der Waals surface area (Å²) in [5.74, 6) is 0. The van der Waals surface area contributed by atoms with Gasteiger partial charge in [-0.05, 0) is 32.6 Å². The van der Waals surface area contributed by atoms with Crippen molar-refractivity contribution in [3.63, 3.8) is 0 Å². The molecule has 1 rings (SSSR count). The quantitative estimate of drug-likeness (QED) is 0.577. The second kappa shape index (κ2) is 6.88. The molecule has 0 bridgehead atoms. The van der Waals surface area contributed by atoms with Gasteiger partial charge in [0, 0.05) is 6.61 Å². The molecule has 0 aromatic rings. The average molecular weight is 224 g/mol. The van der Waals surface area contributed by atoms with Crippen LogP contribution in [0.3, 0.4) is 0 Å². The second-order valence-corrected chi connectivity index (χ2v) is 5.12. The Bertz CT molecular complexity index is 225. The van der Waals surface area contributed by atoms with Crippen molar-refractivity contribution in [1.29, 1.82) is 5.26 Å². The molecular weight excluding hydrogens is 200 g/mol. The van der Waals surface area contributed by atoms with Crippen molar-refractivity contribution in [2.45, 2.75) is 69.9 Å². The molecule has 3 nitrogen and oxygen atoms in total. The molecule has 1 unspecified atom stereocenters. The van der Waals surface area contributed by atoms with E-state index in [1.54, 1.807) is 6.92 Å². The first-order chi connectivity index (χ1) is 7.64. The Morgan fingerprint density at radius 3 is 2.50 bits per heavy atom. The molecule has 2 N–H and O–H groups in total. The maximum Gasteiger partial charge on any atom is 0.101 e. The van der Waals surface area contributed by atoms with Crippen LogP contribution in [0.5, 0.6) is 0 Å². The van der Waals surface area contributed by atoms with Crippen LogP contribution < -0.4 is 5.73 Å². The number of nitrogens with zero attached hydrogens (tertiary/aromatic N) is 1. The minimum atomic E-state index is -0.688. The molecule has 0 radical (unpaired) electrons. The third kappa shape index (κ3) is 5.48. The Labute approximate surface area is 99.0 Å². The van der Waals surface area contributed by atoms with Gasteiger partial charge in [0.05, 0.1) is 12.2 Å². The molecule has 0 aliphatic heterocycles. The first-order valence-corrected chi connectivity index (χ1v) is 6.46. The van der Waals surface area contributed by atoms with E-state index in [0.717, 1.165) is 19.4 Å². The van der Waals surface area contributed by atoms with E-state index in [1.807, 2.05) is 0 Å². The van der Waals surface area contributed by atoms with Crippen LogP contribution in [0.25, 0.3) is 0 Å². The standard InChI is InChI=1S/C13H24N2O/c1-13(15,11-14)9-6-10-16-12-7-4-2-3-5-8-12/h12H,2-10,15H2,1H3. The number of ether oxygens (including phenoxy) is 1. The highest BCUT2D eigenvalue weighted by Crippen LogP contribution is 2.20. The topological polar surface area (TPSA) is 59.0 Å². The summed E-state index contributed by atoms with van der Waals surface area (Å²) >= 11 is 0. The van der Waals surface area contributed by atoms with Crippen molar-refractivity contribution in [1.82, 2.24) is 0 Å². The molecular formula is C13H24N2O. The normalized spacial score (nSPS) is 22.1. The average Bonchev–Trinajstić information content (AvgIpc) is 2.53. The van der Waals surface area contributed by atoms with Gasteiger partial charge < -0.3 is 10.5 Å². The zero-order valence-corrected chi connectivity index (χ0v) is 10.4. The van der Waals surface area contributed by atoms with Crippen molar-refractivity contribution in [3.8, 4) is 6.07 Å². The maximum absolute atomic E-state index is 8.76. The molecule has 0 aromatic heterocycles. The predicted molar refractivity (Wildman–Crippen MR) is 64.9 cm³/mol. The van der Waals surface area contributed by atoms with E-state index in [9.17, 15) is 0 Å². The fourth-order valence-electron chi connectivity index (χ4n) is 2.15. The lowest BCUT2D eigenvalue weighted by molar-refractivity contribution is 0.0396. The molecule has 0 amide bonds. The number of rotatable bonds is 5. The summed E-state index contributed by atoms with van der Waals surface area (Å²) in [5.41, 5.74) is 5.06. The molecule has 1 atom stereocenters. The zero-order valence-electron chi connectivity index (χ0n) is 10.4. The first kappa shape index (κ1) is 13.5. The molecule has 0 aromatic carbocycles. The van der Waals surface area contributed by atoms with Gasteiger partial charge in [-0.25, -0.2) is 0 Å². The molecule has 0 heterocycles. The molecule has 1 fully saturated rings. The van der Waals surface area contributed by atoms with Crippen LogP contribution in [0.15, 0.2) is 0 Å². The minimum absolute atomic E-state index is 0.452. The van der Waals surface area contributed by atoms with Gasteiger partial charge in [-0.1, -0.05) is 25.7 Å². The Balaban J connectivity index is 2.08. The lowest BCUT2D eigenvalue weighted by Crippen LogP contribution is -2.34. The number of nitriles is 1. The summed E-state index contributed by atoms with van der Waals surface area (Å²) in [6, 6.07) is 2.11. The van der Waals surface area contributed by atoms with Gasteiger partial charge in [-0.3, -0.25) is 0 Å². The third-order valence-corrected chi connectivity index (χ3v) is 3.25. The van der Waals surface area contributed by atoms with Crippen molar-refractivity contribution < 1.29 is 4.74 Å². The van der Waals surface area contributed by atoms with E-state index in [0.29, 0.717) is 6.10 Å². The highest BCUT2D eigenvalue weighted by Gasteiger charge is 2.17. The number of hydrogen-bond acceptors (Lipinski definition) is 3. The van der Waals surface area contributed by atoms with Crippen LogP contribution in [0.2, 0.25) is 0 Å². The third-order valence-electron chi connectivity index (χ3n) is 3.25. The van der Waals surface area contributed by atoms with Crippen LogP contribution in [0.1, 0.15) is 58.3 Å². The summed E-state index contributed by atoms with van der Waals surface area (Å²) in [6.45, 7) is 2.53. The fourth-order valence-corrected chi connectivity index (χ4v) is 2.15. The molecule has 92 valence electrons. The van der Waals surface area contributed by atoms with Gasteiger partial charge in [-0.2, -0.15) is 5.26 Å². The molecule has 1 aliphatic carbocycles. The van der Waals surface area contributed by atoms with E-state index in [1.165, 1.54) is 38.5 Å². The van der Waals surface area contributed by atoms with Crippen molar-refractivity contribution >= 4 is 0 Å². The largest absolute Gasteiger partial charge is 0.378 e. The summed E-state index contributed by atoms with van der Waals surface area (Å²) in [5, 5.41) is 8.76. The van der Waals surface area contributed by atoms with Crippen LogP contribution in [0, 0.1) is 11.3 Å². The van der Waals surface area contributed by atoms with E-state index < -0.39 is 5.54 Å². The number of hydrogen-bond donors (Lipinski definition) is 1. The maximum atomic E-state index is 8.76. The minimum Gasteiger partial charge on any atom is -0.378 e. The summed E-state index contributed by atoms with van der Waals surface area (Å²) in [4.78, 5) is 0. The monoisotopic (exact) mass is 224 g/mol. The highest BCUT2D eigenvalue weighted by atomic mass is 16.5. The van der Waals surface area contributed by atoms with E-state index in [4.69, 9.17) is 15.7 Å². The van der Waals surface area contributed by atoms with Crippen LogP contribution in [-0.4, -0.2) is 18.2 Å². The van der Waals surface area contributed by atoms with Gasteiger partial charge in [0.25, 0.3) is 0 Å². The molecule has 0 spiro atoms. The van der Waals surface area contributed by atoms with Crippen molar-refractivity contribution in [3.05, 3.63) is 0 Å². The molecule has 1 saturated carbocycles.